The van der Waals surface area contributed by atoms with Crippen molar-refractivity contribution < 1.29 is 9.72 Å². The van der Waals surface area contributed by atoms with E-state index >= 15 is 0 Å². The molecule has 0 saturated carbocycles. The topological polar surface area (TPSA) is 110 Å². The molecule has 7 nitrogen and oxygen atoms in total. The van der Waals surface area contributed by atoms with Gasteiger partial charge in [0.25, 0.3) is 11.6 Å². The lowest BCUT2D eigenvalue weighted by Crippen LogP contribution is -2.36. The number of thioether (sulfide) groups is 1. The summed E-state index contributed by atoms with van der Waals surface area (Å²) in [6.07, 6.45) is 1.95. The number of carbonyl (C=O) groups is 1. The van der Waals surface area contributed by atoms with Gasteiger partial charge in [-0.2, -0.15) is 11.8 Å². The summed E-state index contributed by atoms with van der Waals surface area (Å²) in [5.74, 6) is 4.92. The highest BCUT2D eigenvalue weighted by Crippen LogP contribution is 2.23. The summed E-state index contributed by atoms with van der Waals surface area (Å²) in [6.45, 7) is 4.43. The fraction of sp³-hybridized carbons (Fsp3) is 0.417. The molecule has 0 spiro atoms. The van der Waals surface area contributed by atoms with Crippen LogP contribution in [-0.2, 0) is 0 Å². The van der Waals surface area contributed by atoms with E-state index < -0.39 is 10.8 Å². The lowest BCUT2D eigenvalue weighted by molar-refractivity contribution is -0.384. The highest BCUT2D eigenvalue weighted by atomic mass is 32.2. The van der Waals surface area contributed by atoms with Crippen LogP contribution in [-0.4, -0.2) is 28.4 Å². The van der Waals surface area contributed by atoms with Crippen LogP contribution in [0.5, 0.6) is 0 Å². The normalized spacial score (nSPS) is 11.0. The summed E-state index contributed by atoms with van der Waals surface area (Å²) >= 11 is 1.62. The highest BCUT2D eigenvalue weighted by Gasteiger charge is 2.20. The van der Waals surface area contributed by atoms with Crippen LogP contribution >= 0.6 is 11.8 Å². The van der Waals surface area contributed by atoms with Crippen molar-refractivity contribution in [2.45, 2.75) is 18.6 Å². The van der Waals surface area contributed by atoms with Gasteiger partial charge in [-0.1, -0.05) is 0 Å². The van der Waals surface area contributed by atoms with Crippen LogP contribution in [0.15, 0.2) is 18.2 Å². The molecule has 0 aliphatic heterocycles. The molecule has 8 heteroatoms. The number of nitrogens with one attached hydrogen (secondary N) is 2. The molecule has 4 N–H and O–H groups in total. The molecule has 0 atom stereocenters. The van der Waals surface area contributed by atoms with Crippen molar-refractivity contribution >= 4 is 29.0 Å². The van der Waals surface area contributed by atoms with Gasteiger partial charge in [0, 0.05) is 23.4 Å². The van der Waals surface area contributed by atoms with Gasteiger partial charge in [0.15, 0.2) is 0 Å². The second-order valence-electron chi connectivity index (χ2n) is 4.78. The third-order valence-corrected chi connectivity index (χ3v) is 4.09. The standard InChI is InChI=1S/C12H18N4O3S/c1-12(2,20-3)7-14-11(17)9-6-8(16(18)19)4-5-10(9)15-13/h4-6,15H,7,13H2,1-3H3,(H,14,17). The number of anilines is 1. The Hall–Kier alpha value is -1.80. The van der Waals surface area contributed by atoms with Gasteiger partial charge in [0.1, 0.15) is 0 Å². The quantitative estimate of drug-likeness (QED) is 0.419. The first-order valence-electron chi connectivity index (χ1n) is 5.89. The lowest BCUT2D eigenvalue weighted by Gasteiger charge is -2.22. The van der Waals surface area contributed by atoms with Crippen LogP contribution in [0.4, 0.5) is 11.4 Å². The van der Waals surface area contributed by atoms with Gasteiger partial charge in [0.05, 0.1) is 16.2 Å². The monoisotopic (exact) mass is 298 g/mol. The van der Waals surface area contributed by atoms with Crippen molar-refractivity contribution in [2.24, 2.45) is 5.84 Å². The van der Waals surface area contributed by atoms with Gasteiger partial charge in [-0.15, -0.1) is 0 Å². The fourth-order valence-electron chi connectivity index (χ4n) is 1.42. The van der Waals surface area contributed by atoms with Crippen LogP contribution < -0.4 is 16.6 Å². The van der Waals surface area contributed by atoms with E-state index in [1.54, 1.807) is 11.8 Å². The second kappa shape index (κ2) is 6.58. The van der Waals surface area contributed by atoms with Gasteiger partial charge < -0.3 is 10.7 Å². The smallest absolute Gasteiger partial charge is 0.270 e. The predicted molar refractivity (Wildman–Crippen MR) is 80.8 cm³/mol. The molecular weight excluding hydrogens is 280 g/mol. The van der Waals surface area contributed by atoms with Gasteiger partial charge in [0.2, 0.25) is 0 Å². The molecule has 0 aliphatic rings. The predicted octanol–water partition coefficient (Wildman–Crippen LogP) is 1.75. The van der Waals surface area contributed by atoms with E-state index in [0.29, 0.717) is 12.2 Å². The number of nitrogens with two attached hydrogens (primary N) is 1. The fourth-order valence-corrected chi connectivity index (χ4v) is 1.64. The first kappa shape index (κ1) is 16.3. The van der Waals surface area contributed by atoms with Crippen molar-refractivity contribution in [1.29, 1.82) is 0 Å². The molecule has 110 valence electrons. The molecule has 0 radical (unpaired) electrons. The Morgan fingerprint density at radius 2 is 2.15 bits per heavy atom. The van der Waals surface area contributed by atoms with E-state index in [1.165, 1.54) is 18.2 Å². The number of hydrogen-bond donors (Lipinski definition) is 3. The Labute approximate surface area is 121 Å². The van der Waals surface area contributed by atoms with E-state index in [9.17, 15) is 14.9 Å². The molecule has 0 saturated heterocycles. The zero-order valence-corrected chi connectivity index (χ0v) is 12.4. The number of carbonyl (C=O) groups excluding carboxylic acids is 1. The third-order valence-electron chi connectivity index (χ3n) is 2.84. The maximum absolute atomic E-state index is 12.1. The molecule has 1 amide bonds. The maximum Gasteiger partial charge on any atom is 0.270 e. The number of rotatable bonds is 6. The average molecular weight is 298 g/mol. The zero-order valence-electron chi connectivity index (χ0n) is 11.6. The van der Waals surface area contributed by atoms with Gasteiger partial charge >= 0.3 is 0 Å². The largest absolute Gasteiger partial charge is 0.351 e. The summed E-state index contributed by atoms with van der Waals surface area (Å²) in [4.78, 5) is 22.3. The highest BCUT2D eigenvalue weighted by molar-refractivity contribution is 7.99. The summed E-state index contributed by atoms with van der Waals surface area (Å²) in [6, 6.07) is 3.90. The van der Waals surface area contributed by atoms with Crippen LogP contribution in [0.3, 0.4) is 0 Å². The third kappa shape index (κ3) is 4.10. The van der Waals surface area contributed by atoms with E-state index in [-0.39, 0.29) is 16.0 Å². The Kier molecular flexibility index (Phi) is 5.34. The molecule has 0 unspecified atom stereocenters. The summed E-state index contributed by atoms with van der Waals surface area (Å²) in [7, 11) is 0. The molecule has 0 aliphatic carbocycles. The SMILES string of the molecule is CSC(C)(C)CNC(=O)c1cc([N+](=O)[O-])ccc1NN. The Bertz CT molecular complexity index is 519. The van der Waals surface area contributed by atoms with Crippen LogP contribution in [0.1, 0.15) is 24.2 Å². The maximum atomic E-state index is 12.1. The molecule has 1 aromatic rings. The Balaban J connectivity index is 2.96. The summed E-state index contributed by atoms with van der Waals surface area (Å²) in [5.41, 5.74) is 2.70. The number of nitro benzene ring substituents is 1. The Morgan fingerprint density at radius 3 is 2.65 bits per heavy atom. The number of nitro groups is 1. The molecule has 0 bridgehead atoms. The van der Waals surface area contributed by atoms with E-state index in [4.69, 9.17) is 5.84 Å². The molecule has 1 aromatic carbocycles. The van der Waals surface area contributed by atoms with E-state index in [2.05, 4.69) is 10.7 Å². The number of amides is 1. The van der Waals surface area contributed by atoms with E-state index in [0.717, 1.165) is 0 Å². The number of hydrogen-bond acceptors (Lipinski definition) is 6. The van der Waals surface area contributed by atoms with Crippen molar-refractivity contribution in [1.82, 2.24) is 5.32 Å². The average Bonchev–Trinajstić information content (AvgIpc) is 2.44. The summed E-state index contributed by atoms with van der Waals surface area (Å²) in [5, 5.41) is 13.5. The lowest BCUT2D eigenvalue weighted by atomic mass is 10.1. The van der Waals surface area contributed by atoms with E-state index in [1.807, 2.05) is 20.1 Å². The number of benzene rings is 1. The zero-order chi connectivity index (χ0) is 15.3. The molecule has 20 heavy (non-hydrogen) atoms. The van der Waals surface area contributed by atoms with Crippen molar-refractivity contribution in [3.8, 4) is 0 Å². The molecule has 0 heterocycles. The summed E-state index contributed by atoms with van der Waals surface area (Å²) < 4.78 is -0.118. The minimum atomic E-state index is -0.553. The second-order valence-corrected chi connectivity index (χ2v) is 6.29. The van der Waals surface area contributed by atoms with Crippen LogP contribution in [0.25, 0.3) is 0 Å². The minimum absolute atomic E-state index is 0.118. The van der Waals surface area contributed by atoms with Gasteiger partial charge in [-0.25, -0.2) is 0 Å². The number of non-ortho nitro benzene ring substituents is 1. The molecule has 1 rings (SSSR count). The van der Waals surface area contributed by atoms with Crippen molar-refractivity contribution in [3.63, 3.8) is 0 Å². The molecular formula is C12H18N4O3S. The first-order chi connectivity index (χ1) is 9.30. The van der Waals surface area contributed by atoms with Crippen LogP contribution in [0, 0.1) is 10.1 Å². The van der Waals surface area contributed by atoms with Crippen molar-refractivity contribution in [2.75, 3.05) is 18.2 Å². The van der Waals surface area contributed by atoms with Crippen LogP contribution in [0.2, 0.25) is 0 Å². The molecule has 0 aromatic heterocycles. The van der Waals surface area contributed by atoms with Gasteiger partial charge in [-0.05, 0) is 26.2 Å². The number of nitrogens with zero attached hydrogens (tertiary/aromatic N) is 1. The number of nitrogen functional groups attached to an aromatic ring is 1. The van der Waals surface area contributed by atoms with Gasteiger partial charge in [-0.3, -0.25) is 20.8 Å². The minimum Gasteiger partial charge on any atom is -0.351 e. The first-order valence-corrected chi connectivity index (χ1v) is 7.11. The number of hydrazine groups is 1. The van der Waals surface area contributed by atoms with Crippen molar-refractivity contribution in [3.05, 3.63) is 33.9 Å². The molecule has 0 fully saturated rings. The Morgan fingerprint density at radius 1 is 1.50 bits per heavy atom.